The lowest BCUT2D eigenvalue weighted by Crippen LogP contribution is -2.00. The van der Waals surface area contributed by atoms with Crippen LogP contribution in [0, 0.1) is 0 Å². The largest absolute Gasteiger partial charge is 0.326 e. The number of para-hydroxylation sites is 1. The molecule has 0 unspecified atom stereocenters. The molecule has 1 aromatic heterocycles. The minimum absolute atomic E-state index is 0.489. The molecule has 0 spiro atoms. The molecule has 21 heavy (non-hydrogen) atoms. The molecule has 2 aromatic carbocycles. The quantitative estimate of drug-likeness (QED) is 0.713. The molecule has 0 aliphatic rings. The van der Waals surface area contributed by atoms with E-state index in [1.165, 1.54) is 4.90 Å². The van der Waals surface area contributed by atoms with Crippen molar-refractivity contribution >= 4 is 34.3 Å². The summed E-state index contributed by atoms with van der Waals surface area (Å²) in [7, 11) is 0. The first-order valence-corrected chi connectivity index (χ1v) is 8.09. The van der Waals surface area contributed by atoms with Gasteiger partial charge in [-0.05, 0) is 23.3 Å². The number of halogens is 1. The van der Waals surface area contributed by atoms with Crippen LogP contribution in [0.5, 0.6) is 0 Å². The van der Waals surface area contributed by atoms with Crippen LogP contribution in [0.15, 0.2) is 59.6 Å². The molecule has 0 aliphatic carbocycles. The highest BCUT2D eigenvalue weighted by atomic mass is 35.5. The van der Waals surface area contributed by atoms with Crippen LogP contribution >= 0.6 is 23.4 Å². The van der Waals surface area contributed by atoms with E-state index >= 15 is 0 Å². The summed E-state index contributed by atoms with van der Waals surface area (Å²) < 4.78 is 0. The second-order valence-electron chi connectivity index (χ2n) is 4.71. The van der Waals surface area contributed by atoms with Gasteiger partial charge in [0.05, 0.1) is 5.52 Å². The van der Waals surface area contributed by atoms with Gasteiger partial charge in [-0.15, -0.1) is 11.8 Å². The molecule has 0 bridgehead atoms. The van der Waals surface area contributed by atoms with E-state index in [0.29, 0.717) is 6.54 Å². The lowest BCUT2D eigenvalue weighted by molar-refractivity contribution is 1.02. The summed E-state index contributed by atoms with van der Waals surface area (Å²) >= 11 is 8.00. The van der Waals surface area contributed by atoms with Gasteiger partial charge in [0.1, 0.15) is 0 Å². The maximum absolute atomic E-state index is 6.23. The Labute approximate surface area is 133 Å². The van der Waals surface area contributed by atoms with Crippen molar-refractivity contribution in [3.8, 4) is 0 Å². The van der Waals surface area contributed by atoms with Gasteiger partial charge in [-0.3, -0.25) is 4.98 Å². The van der Waals surface area contributed by atoms with Gasteiger partial charge in [0, 0.05) is 33.8 Å². The summed E-state index contributed by atoms with van der Waals surface area (Å²) in [4.78, 5) is 5.66. The summed E-state index contributed by atoms with van der Waals surface area (Å²) in [6.45, 7) is 0.489. The maximum atomic E-state index is 6.23. The number of pyridine rings is 1. The summed E-state index contributed by atoms with van der Waals surface area (Å²) in [5, 5.41) is 1.95. The molecule has 0 fully saturated rings. The summed E-state index contributed by atoms with van der Waals surface area (Å²) in [6, 6.07) is 16.1. The van der Waals surface area contributed by atoms with Crippen LogP contribution in [-0.4, -0.2) is 4.98 Å². The minimum atomic E-state index is 0.489. The molecule has 0 saturated carbocycles. The summed E-state index contributed by atoms with van der Waals surface area (Å²) in [5.41, 5.74) is 9.06. The number of rotatable bonds is 4. The second-order valence-corrected chi connectivity index (χ2v) is 6.11. The third kappa shape index (κ3) is 3.05. The molecule has 4 heteroatoms. The molecule has 3 aromatic rings. The van der Waals surface area contributed by atoms with Crippen LogP contribution in [0.1, 0.15) is 11.1 Å². The van der Waals surface area contributed by atoms with E-state index < -0.39 is 0 Å². The van der Waals surface area contributed by atoms with E-state index in [0.717, 1.165) is 32.8 Å². The Morgan fingerprint density at radius 3 is 2.57 bits per heavy atom. The van der Waals surface area contributed by atoms with Gasteiger partial charge < -0.3 is 5.73 Å². The zero-order valence-electron chi connectivity index (χ0n) is 11.4. The highest BCUT2D eigenvalue weighted by Crippen LogP contribution is 2.33. The van der Waals surface area contributed by atoms with Gasteiger partial charge >= 0.3 is 0 Å². The lowest BCUT2D eigenvalue weighted by atomic mass is 10.1. The second kappa shape index (κ2) is 6.48. The topological polar surface area (TPSA) is 38.9 Å². The average Bonchev–Trinajstić information content (AvgIpc) is 2.53. The van der Waals surface area contributed by atoms with Crippen molar-refractivity contribution in [3.05, 3.63) is 70.9 Å². The van der Waals surface area contributed by atoms with Gasteiger partial charge in [0.15, 0.2) is 0 Å². The molecule has 2 nitrogen and oxygen atoms in total. The van der Waals surface area contributed by atoms with E-state index in [1.807, 2.05) is 42.6 Å². The Kier molecular flexibility index (Phi) is 4.44. The standard InChI is InChI=1S/C17H15ClN2S/c18-15-7-3-1-5-12(15)11-21-17-13(9-19)10-20-16-8-4-2-6-14(16)17/h1-8,10H,9,11,19H2. The number of fused-ring (bicyclic) bond motifs is 1. The molecular formula is C17H15ClN2S. The van der Waals surface area contributed by atoms with E-state index in [4.69, 9.17) is 17.3 Å². The van der Waals surface area contributed by atoms with Gasteiger partial charge in [0.25, 0.3) is 0 Å². The number of thioether (sulfide) groups is 1. The van der Waals surface area contributed by atoms with Crippen LogP contribution < -0.4 is 5.73 Å². The highest BCUT2D eigenvalue weighted by molar-refractivity contribution is 7.98. The van der Waals surface area contributed by atoms with Crippen LogP contribution in [0.4, 0.5) is 0 Å². The van der Waals surface area contributed by atoms with Gasteiger partial charge in [0.2, 0.25) is 0 Å². The molecule has 2 N–H and O–H groups in total. The fourth-order valence-electron chi connectivity index (χ4n) is 2.24. The molecule has 0 aliphatic heterocycles. The summed E-state index contributed by atoms with van der Waals surface area (Å²) in [5.74, 6) is 0.820. The first kappa shape index (κ1) is 14.4. The fraction of sp³-hybridized carbons (Fsp3) is 0.118. The molecule has 106 valence electrons. The molecule has 3 rings (SSSR count). The highest BCUT2D eigenvalue weighted by Gasteiger charge is 2.09. The van der Waals surface area contributed by atoms with Gasteiger partial charge in [-0.2, -0.15) is 0 Å². The number of nitrogens with two attached hydrogens (primary N) is 1. The SMILES string of the molecule is NCc1cnc2ccccc2c1SCc1ccccc1Cl. The minimum Gasteiger partial charge on any atom is -0.326 e. The van der Waals surface area contributed by atoms with Gasteiger partial charge in [-0.25, -0.2) is 0 Å². The monoisotopic (exact) mass is 314 g/mol. The Bertz CT molecular complexity index is 774. The predicted octanol–water partition coefficient (Wildman–Crippen LogP) is 4.64. The van der Waals surface area contributed by atoms with Crippen LogP contribution in [0.3, 0.4) is 0 Å². The number of hydrogen-bond acceptors (Lipinski definition) is 3. The normalized spacial score (nSPS) is 11.0. The maximum Gasteiger partial charge on any atom is 0.0713 e. The fourth-order valence-corrected chi connectivity index (χ4v) is 3.72. The Balaban J connectivity index is 1.97. The first-order valence-electron chi connectivity index (χ1n) is 6.72. The van der Waals surface area contributed by atoms with Crippen molar-refractivity contribution in [2.45, 2.75) is 17.2 Å². The zero-order valence-corrected chi connectivity index (χ0v) is 13.0. The summed E-state index contributed by atoms with van der Waals surface area (Å²) in [6.07, 6.45) is 1.87. The van der Waals surface area contributed by atoms with Crippen molar-refractivity contribution in [2.75, 3.05) is 0 Å². The van der Waals surface area contributed by atoms with Gasteiger partial charge in [-0.1, -0.05) is 48.0 Å². The molecule has 0 saturated heterocycles. The Morgan fingerprint density at radius 2 is 1.76 bits per heavy atom. The van der Waals surface area contributed by atoms with Crippen molar-refractivity contribution in [2.24, 2.45) is 5.73 Å². The van der Waals surface area contributed by atoms with Crippen molar-refractivity contribution in [1.82, 2.24) is 4.98 Å². The van der Waals surface area contributed by atoms with Crippen LogP contribution in [-0.2, 0) is 12.3 Å². The van der Waals surface area contributed by atoms with E-state index in [1.54, 1.807) is 11.8 Å². The first-order chi connectivity index (χ1) is 10.3. The zero-order chi connectivity index (χ0) is 14.7. The smallest absolute Gasteiger partial charge is 0.0713 e. The third-order valence-electron chi connectivity index (χ3n) is 3.35. The van der Waals surface area contributed by atoms with Crippen LogP contribution in [0.2, 0.25) is 5.02 Å². The van der Waals surface area contributed by atoms with Crippen molar-refractivity contribution in [3.63, 3.8) is 0 Å². The molecule has 0 radical (unpaired) electrons. The van der Waals surface area contributed by atoms with Crippen molar-refractivity contribution in [1.29, 1.82) is 0 Å². The van der Waals surface area contributed by atoms with E-state index in [9.17, 15) is 0 Å². The molecule has 1 heterocycles. The third-order valence-corrected chi connectivity index (χ3v) is 4.94. The number of benzene rings is 2. The number of hydrogen-bond donors (Lipinski definition) is 1. The Hall–Kier alpha value is -1.55. The average molecular weight is 315 g/mol. The molecule has 0 atom stereocenters. The van der Waals surface area contributed by atoms with Crippen LogP contribution in [0.25, 0.3) is 10.9 Å². The number of aromatic nitrogens is 1. The van der Waals surface area contributed by atoms with E-state index in [2.05, 4.69) is 17.1 Å². The Morgan fingerprint density at radius 1 is 1.00 bits per heavy atom. The molecular weight excluding hydrogens is 300 g/mol. The number of nitrogens with zero attached hydrogens (tertiary/aromatic N) is 1. The lowest BCUT2D eigenvalue weighted by Gasteiger charge is -2.11. The predicted molar refractivity (Wildman–Crippen MR) is 90.6 cm³/mol. The van der Waals surface area contributed by atoms with Crippen molar-refractivity contribution < 1.29 is 0 Å². The van der Waals surface area contributed by atoms with E-state index in [-0.39, 0.29) is 0 Å². The molecule has 0 amide bonds.